The van der Waals surface area contributed by atoms with E-state index in [0.29, 0.717) is 17.4 Å². The Bertz CT molecular complexity index is 1010. The van der Waals surface area contributed by atoms with Gasteiger partial charge in [-0.15, -0.1) is 0 Å². The first kappa shape index (κ1) is 17.7. The fourth-order valence-corrected chi connectivity index (χ4v) is 3.77. The highest BCUT2D eigenvalue weighted by molar-refractivity contribution is 6.09. The van der Waals surface area contributed by atoms with Gasteiger partial charge in [0.25, 0.3) is 0 Å². The molecule has 4 heterocycles. The molecule has 0 amide bonds. The van der Waals surface area contributed by atoms with Crippen LogP contribution >= 0.6 is 0 Å². The van der Waals surface area contributed by atoms with Crippen molar-refractivity contribution < 1.29 is 4.74 Å². The number of piperidine rings is 1. The van der Waals surface area contributed by atoms with Crippen LogP contribution in [0.1, 0.15) is 50.8 Å². The number of hydrogen-bond donors (Lipinski definition) is 1. The predicted molar refractivity (Wildman–Crippen MR) is 106 cm³/mol. The molecule has 4 rings (SSSR count). The third-order valence-electron chi connectivity index (χ3n) is 5.50. The van der Waals surface area contributed by atoms with Crippen LogP contribution in [-0.2, 0) is 0 Å². The van der Waals surface area contributed by atoms with Gasteiger partial charge in [0.05, 0.1) is 17.1 Å². The van der Waals surface area contributed by atoms with Crippen molar-refractivity contribution in [2.75, 3.05) is 19.6 Å². The number of hydrogen-bond acceptors (Lipinski definition) is 5. The zero-order valence-electron chi connectivity index (χ0n) is 16.1. The van der Waals surface area contributed by atoms with E-state index in [2.05, 4.69) is 52.8 Å². The zero-order valence-corrected chi connectivity index (χ0v) is 16.1. The van der Waals surface area contributed by atoms with Gasteiger partial charge >= 0.3 is 0 Å². The van der Waals surface area contributed by atoms with E-state index in [1.165, 1.54) is 5.56 Å². The monoisotopic (exact) mass is 363 g/mol. The van der Waals surface area contributed by atoms with Gasteiger partial charge in [0.15, 0.2) is 11.4 Å². The Morgan fingerprint density at radius 2 is 2.07 bits per heavy atom. The first-order valence-corrected chi connectivity index (χ1v) is 9.70. The third kappa shape index (κ3) is 3.24. The molecule has 6 nitrogen and oxygen atoms in total. The molecule has 27 heavy (non-hydrogen) atoms. The number of fused-ring (bicyclic) bond motifs is 3. The van der Waals surface area contributed by atoms with Crippen molar-refractivity contribution in [3.8, 4) is 11.8 Å². The summed E-state index contributed by atoms with van der Waals surface area (Å²) in [5, 5.41) is 11.5. The normalized spacial score (nSPS) is 16.3. The van der Waals surface area contributed by atoms with Crippen LogP contribution in [0.3, 0.4) is 0 Å². The summed E-state index contributed by atoms with van der Waals surface area (Å²) >= 11 is 0. The first-order chi connectivity index (χ1) is 13.1. The first-order valence-electron chi connectivity index (χ1n) is 9.70. The van der Waals surface area contributed by atoms with Gasteiger partial charge in [-0.05, 0) is 36.9 Å². The number of H-pyrrole nitrogens is 1. The maximum absolute atomic E-state index is 9.61. The summed E-state index contributed by atoms with van der Waals surface area (Å²) in [6.45, 7) is 9.61. The molecule has 1 aliphatic rings. The zero-order chi connectivity index (χ0) is 19.0. The molecule has 1 fully saturated rings. The number of pyridine rings is 2. The van der Waals surface area contributed by atoms with Crippen molar-refractivity contribution in [3.63, 3.8) is 0 Å². The minimum atomic E-state index is 0.110. The smallest absolute Gasteiger partial charge is 0.183 e. The van der Waals surface area contributed by atoms with Gasteiger partial charge in [-0.3, -0.25) is 0 Å². The Morgan fingerprint density at radius 3 is 2.74 bits per heavy atom. The van der Waals surface area contributed by atoms with Crippen molar-refractivity contribution in [1.29, 1.82) is 5.26 Å². The molecule has 0 saturated carbocycles. The van der Waals surface area contributed by atoms with Gasteiger partial charge in [0, 0.05) is 24.7 Å². The lowest BCUT2D eigenvalue weighted by Gasteiger charge is -2.31. The Kier molecular flexibility index (Phi) is 4.71. The average Bonchev–Trinajstić information content (AvgIpc) is 3.06. The van der Waals surface area contributed by atoms with E-state index in [0.717, 1.165) is 54.4 Å². The molecule has 3 aromatic rings. The van der Waals surface area contributed by atoms with E-state index in [1.807, 2.05) is 6.20 Å². The molecule has 0 aromatic carbocycles. The van der Waals surface area contributed by atoms with Gasteiger partial charge in [-0.25, -0.2) is 9.97 Å². The summed E-state index contributed by atoms with van der Waals surface area (Å²) in [6.07, 6.45) is 5.65. The van der Waals surface area contributed by atoms with Crippen LogP contribution in [0, 0.1) is 11.3 Å². The molecule has 0 atom stereocenters. The standard InChI is InChI=1S/C21H25N5O/c1-4-26-7-5-15(6-8-26)27-20-17(10-22)23-12-18-19(20)16-9-14(13(2)3)11-24-21(16)25-18/h9,11-13,15H,4-8H2,1-3H3,(H,24,25). The average molecular weight is 363 g/mol. The summed E-state index contributed by atoms with van der Waals surface area (Å²) in [5.74, 6) is 0.978. The van der Waals surface area contributed by atoms with Crippen LogP contribution in [0.5, 0.6) is 5.75 Å². The van der Waals surface area contributed by atoms with E-state index < -0.39 is 0 Å². The van der Waals surface area contributed by atoms with Crippen molar-refractivity contribution >= 4 is 21.9 Å². The molecule has 140 valence electrons. The van der Waals surface area contributed by atoms with Crippen molar-refractivity contribution in [1.82, 2.24) is 19.9 Å². The highest BCUT2D eigenvalue weighted by Crippen LogP contribution is 2.36. The topological polar surface area (TPSA) is 77.8 Å². The van der Waals surface area contributed by atoms with Gasteiger partial charge in [0.2, 0.25) is 0 Å². The van der Waals surface area contributed by atoms with Crippen LogP contribution in [-0.4, -0.2) is 45.6 Å². The van der Waals surface area contributed by atoms with Gasteiger partial charge in [-0.1, -0.05) is 20.8 Å². The molecule has 1 aliphatic heterocycles. The molecule has 0 aliphatic carbocycles. The molecule has 6 heteroatoms. The quantitative estimate of drug-likeness (QED) is 0.759. The van der Waals surface area contributed by atoms with Crippen molar-refractivity contribution in [3.05, 3.63) is 29.7 Å². The lowest BCUT2D eigenvalue weighted by Crippen LogP contribution is -2.38. The minimum Gasteiger partial charge on any atom is -0.487 e. The van der Waals surface area contributed by atoms with E-state index in [-0.39, 0.29) is 6.10 Å². The van der Waals surface area contributed by atoms with Crippen LogP contribution in [0.2, 0.25) is 0 Å². The van der Waals surface area contributed by atoms with Crippen LogP contribution < -0.4 is 4.74 Å². The molecule has 0 unspecified atom stereocenters. The molecule has 3 aromatic heterocycles. The Hall–Kier alpha value is -2.65. The predicted octanol–water partition coefficient (Wildman–Crippen LogP) is 3.97. The summed E-state index contributed by atoms with van der Waals surface area (Å²) < 4.78 is 6.39. The Labute approximate surface area is 159 Å². The summed E-state index contributed by atoms with van der Waals surface area (Å²) in [4.78, 5) is 14.6. The molecule has 1 N–H and O–H groups in total. The van der Waals surface area contributed by atoms with Gasteiger partial charge in [0.1, 0.15) is 17.8 Å². The second-order valence-electron chi connectivity index (χ2n) is 7.53. The Morgan fingerprint density at radius 1 is 1.30 bits per heavy atom. The number of nitrogens with zero attached hydrogens (tertiary/aromatic N) is 4. The van der Waals surface area contributed by atoms with E-state index in [9.17, 15) is 5.26 Å². The largest absolute Gasteiger partial charge is 0.487 e. The van der Waals surface area contributed by atoms with Crippen LogP contribution in [0.15, 0.2) is 18.5 Å². The number of nitriles is 1. The number of nitrogens with one attached hydrogen (secondary N) is 1. The second kappa shape index (κ2) is 7.16. The fourth-order valence-electron chi connectivity index (χ4n) is 3.77. The molecule has 0 spiro atoms. The molecule has 0 radical (unpaired) electrons. The number of rotatable bonds is 4. The SMILES string of the molecule is CCN1CCC(Oc2c(C#N)ncc3[nH]c4ncc(C(C)C)cc4c23)CC1. The summed E-state index contributed by atoms with van der Waals surface area (Å²) in [7, 11) is 0. The lowest BCUT2D eigenvalue weighted by atomic mass is 10.0. The maximum Gasteiger partial charge on any atom is 0.183 e. The van der Waals surface area contributed by atoms with Crippen molar-refractivity contribution in [2.45, 2.75) is 45.6 Å². The van der Waals surface area contributed by atoms with Gasteiger partial charge < -0.3 is 14.6 Å². The number of aromatic nitrogens is 3. The minimum absolute atomic E-state index is 0.110. The number of aromatic amines is 1. The maximum atomic E-state index is 9.61. The molecule has 0 bridgehead atoms. The molecular weight excluding hydrogens is 338 g/mol. The fraction of sp³-hybridized carbons (Fsp3) is 0.476. The molecular formula is C21H25N5O. The highest BCUT2D eigenvalue weighted by Gasteiger charge is 2.24. The van der Waals surface area contributed by atoms with Crippen LogP contribution in [0.25, 0.3) is 21.9 Å². The highest BCUT2D eigenvalue weighted by atomic mass is 16.5. The van der Waals surface area contributed by atoms with Crippen molar-refractivity contribution in [2.24, 2.45) is 0 Å². The van der Waals surface area contributed by atoms with E-state index in [1.54, 1.807) is 6.20 Å². The summed E-state index contributed by atoms with van der Waals surface area (Å²) in [5.41, 5.74) is 3.17. The number of likely N-dealkylation sites (tertiary alicyclic amines) is 1. The summed E-state index contributed by atoms with van der Waals surface area (Å²) in [6, 6.07) is 4.36. The Balaban J connectivity index is 1.81. The van der Waals surface area contributed by atoms with Crippen LogP contribution in [0.4, 0.5) is 0 Å². The van der Waals surface area contributed by atoms with E-state index >= 15 is 0 Å². The lowest BCUT2D eigenvalue weighted by molar-refractivity contribution is 0.104. The van der Waals surface area contributed by atoms with E-state index in [4.69, 9.17) is 4.74 Å². The molecule has 1 saturated heterocycles. The third-order valence-corrected chi connectivity index (χ3v) is 5.50. The number of ether oxygens (including phenoxy) is 1. The van der Waals surface area contributed by atoms with Gasteiger partial charge in [-0.2, -0.15) is 5.26 Å². The second-order valence-corrected chi connectivity index (χ2v) is 7.53.